The van der Waals surface area contributed by atoms with Crippen LogP contribution in [0.15, 0.2) is 0 Å². The van der Waals surface area contributed by atoms with E-state index in [1.54, 1.807) is 0 Å². The molecule has 0 spiro atoms. The van der Waals surface area contributed by atoms with Crippen molar-refractivity contribution < 1.29 is 15.1 Å². The lowest BCUT2D eigenvalue weighted by atomic mass is 9.99. The normalized spacial score (nSPS) is 12.0. The zero-order valence-corrected chi connectivity index (χ0v) is 17.6. The van der Waals surface area contributed by atoms with Crippen molar-refractivity contribution in [1.82, 2.24) is 4.90 Å². The van der Waals surface area contributed by atoms with Crippen molar-refractivity contribution in [3.63, 3.8) is 0 Å². The Kier molecular flexibility index (Phi) is 23.8. The highest BCUT2D eigenvalue weighted by Gasteiger charge is 2.10. The molecule has 0 amide bonds. The van der Waals surface area contributed by atoms with E-state index in [2.05, 4.69) is 32.8 Å². The molecule has 0 saturated carbocycles. The van der Waals surface area contributed by atoms with Gasteiger partial charge in [-0.3, -0.25) is 0 Å². The summed E-state index contributed by atoms with van der Waals surface area (Å²) in [6.45, 7) is 4.59. The Hall–Kier alpha value is -0.0951. The number of rotatable bonds is 16. The highest BCUT2D eigenvalue weighted by molar-refractivity contribution is 6.30. The maximum Gasteiger partial charge on any atom is 0.631 e. The molecule has 5 heteroatoms. The third kappa shape index (κ3) is 26.2. The molecule has 3 N–H and O–H groups in total. The minimum atomic E-state index is -2.17. The Morgan fingerprint density at radius 2 is 0.880 bits per heavy atom. The molecule has 25 heavy (non-hydrogen) atoms. The molecule has 1 unspecified atom stereocenters. The van der Waals surface area contributed by atoms with Gasteiger partial charge in [-0.15, -0.1) is 0 Å². The van der Waals surface area contributed by atoms with Crippen LogP contribution in [-0.4, -0.2) is 47.4 Å². The first-order valence-electron chi connectivity index (χ1n) is 10.7. The fourth-order valence-electron chi connectivity index (χ4n) is 3.16. The Morgan fingerprint density at radius 3 is 1.16 bits per heavy atom. The van der Waals surface area contributed by atoms with Crippen LogP contribution in [0, 0.1) is 0 Å². The zero-order chi connectivity index (χ0) is 19.3. The maximum absolute atomic E-state index is 7.17. The summed E-state index contributed by atoms with van der Waals surface area (Å²) in [6.07, 6.45) is 21.4. The molecule has 0 aliphatic carbocycles. The summed E-state index contributed by atoms with van der Waals surface area (Å²) in [4.78, 5) is 2.46. The molecule has 0 aliphatic rings. The van der Waals surface area contributed by atoms with Crippen molar-refractivity contribution in [2.45, 2.75) is 116 Å². The molecule has 0 radical (unpaired) electrons. The first kappa shape index (κ1) is 27.1. The van der Waals surface area contributed by atoms with Crippen LogP contribution in [0.4, 0.5) is 0 Å². The quantitative estimate of drug-likeness (QED) is 0.275. The molecule has 0 fully saturated rings. The second kappa shape index (κ2) is 21.9. The van der Waals surface area contributed by atoms with E-state index in [1.165, 1.54) is 96.3 Å². The molecule has 0 saturated heterocycles. The summed E-state index contributed by atoms with van der Waals surface area (Å²) in [5, 5.41) is 21.5. The average molecular weight is 359 g/mol. The van der Waals surface area contributed by atoms with Crippen LogP contribution in [-0.2, 0) is 0 Å². The van der Waals surface area contributed by atoms with Gasteiger partial charge in [0, 0.05) is 6.04 Å². The Labute approximate surface area is 158 Å². The molecule has 0 heterocycles. The van der Waals surface area contributed by atoms with Gasteiger partial charge in [0.1, 0.15) is 0 Å². The van der Waals surface area contributed by atoms with Gasteiger partial charge in [-0.25, -0.2) is 0 Å². The van der Waals surface area contributed by atoms with Gasteiger partial charge in [0.15, 0.2) is 0 Å². The van der Waals surface area contributed by atoms with Gasteiger partial charge in [-0.1, -0.05) is 97.3 Å². The molecule has 0 rings (SSSR count). The van der Waals surface area contributed by atoms with Crippen molar-refractivity contribution >= 4 is 7.32 Å². The summed E-state index contributed by atoms with van der Waals surface area (Å²) in [7, 11) is 2.37. The van der Waals surface area contributed by atoms with Gasteiger partial charge in [0.25, 0.3) is 0 Å². The van der Waals surface area contributed by atoms with Gasteiger partial charge >= 0.3 is 7.32 Å². The number of unbranched alkanes of at least 4 members (excludes halogenated alkanes) is 11. The second-order valence-corrected chi connectivity index (χ2v) is 7.43. The third-order valence-electron chi connectivity index (χ3n) is 4.76. The van der Waals surface area contributed by atoms with E-state index in [4.69, 9.17) is 15.1 Å². The lowest BCUT2D eigenvalue weighted by molar-refractivity contribution is 0.251. The molecule has 0 aliphatic heterocycles. The minimum Gasteiger partial charge on any atom is -0.402 e. The summed E-state index contributed by atoms with van der Waals surface area (Å²) >= 11 is 0. The van der Waals surface area contributed by atoms with Crippen LogP contribution >= 0.6 is 0 Å². The van der Waals surface area contributed by atoms with Gasteiger partial charge in [-0.2, -0.15) is 0 Å². The van der Waals surface area contributed by atoms with Crippen LogP contribution in [0.25, 0.3) is 0 Å². The second-order valence-electron chi connectivity index (χ2n) is 7.43. The molecule has 152 valence electrons. The van der Waals surface area contributed by atoms with Gasteiger partial charge in [-0.05, 0) is 26.9 Å². The third-order valence-corrected chi connectivity index (χ3v) is 4.76. The van der Waals surface area contributed by atoms with Crippen LogP contribution in [0.5, 0.6) is 0 Å². The SMILES string of the molecule is CCCCCCCCCC(CCCCCCCC)N(C)C.OB(O)O. The van der Waals surface area contributed by atoms with Crippen LogP contribution in [0.3, 0.4) is 0 Å². The fourth-order valence-corrected chi connectivity index (χ4v) is 3.16. The van der Waals surface area contributed by atoms with Crippen molar-refractivity contribution in [2.24, 2.45) is 0 Å². The predicted octanol–water partition coefficient (Wildman–Crippen LogP) is 4.76. The molecule has 0 aromatic carbocycles. The lowest BCUT2D eigenvalue weighted by Crippen LogP contribution is -2.27. The van der Waals surface area contributed by atoms with Crippen LogP contribution < -0.4 is 0 Å². The van der Waals surface area contributed by atoms with Crippen molar-refractivity contribution in [3.8, 4) is 0 Å². The van der Waals surface area contributed by atoms with Crippen molar-refractivity contribution in [2.75, 3.05) is 14.1 Å². The Morgan fingerprint density at radius 1 is 0.600 bits per heavy atom. The van der Waals surface area contributed by atoms with Crippen molar-refractivity contribution in [3.05, 3.63) is 0 Å². The van der Waals surface area contributed by atoms with Gasteiger partial charge < -0.3 is 20.0 Å². The molecule has 0 aromatic heterocycles. The standard InChI is InChI=1S/C20H43N.BH3O3/c1-5-7-9-11-13-15-17-19-20(21(3)4)18-16-14-12-10-8-6-2;2-1(3)4/h20H,5-19H2,1-4H3;2-4H. The summed E-state index contributed by atoms with van der Waals surface area (Å²) in [5.41, 5.74) is 0. The number of hydrogen-bond acceptors (Lipinski definition) is 4. The topological polar surface area (TPSA) is 63.9 Å². The summed E-state index contributed by atoms with van der Waals surface area (Å²) in [5.74, 6) is 0. The fraction of sp³-hybridized carbons (Fsp3) is 1.00. The molecular weight excluding hydrogens is 313 g/mol. The largest absolute Gasteiger partial charge is 0.631 e. The smallest absolute Gasteiger partial charge is 0.402 e. The number of nitrogens with zero attached hydrogens (tertiary/aromatic N) is 1. The maximum atomic E-state index is 7.17. The van der Waals surface area contributed by atoms with E-state index in [9.17, 15) is 0 Å². The molecular formula is C20H46BNO3. The Balaban J connectivity index is 0. The van der Waals surface area contributed by atoms with E-state index in [0.29, 0.717) is 0 Å². The first-order chi connectivity index (χ1) is 12.0. The lowest BCUT2D eigenvalue weighted by Gasteiger charge is -2.24. The predicted molar refractivity (Wildman–Crippen MR) is 110 cm³/mol. The Bertz CT molecular complexity index is 238. The van der Waals surface area contributed by atoms with E-state index < -0.39 is 7.32 Å². The minimum absolute atomic E-state index is 0.826. The highest BCUT2D eigenvalue weighted by atomic mass is 16.5. The first-order valence-corrected chi connectivity index (χ1v) is 10.7. The van der Waals surface area contributed by atoms with E-state index in [1.807, 2.05) is 0 Å². The molecule has 0 bridgehead atoms. The number of hydrogen-bond donors (Lipinski definition) is 3. The molecule has 1 atom stereocenters. The van der Waals surface area contributed by atoms with Gasteiger partial charge in [0.2, 0.25) is 0 Å². The molecule has 0 aromatic rings. The van der Waals surface area contributed by atoms with Crippen LogP contribution in [0.1, 0.15) is 110 Å². The van der Waals surface area contributed by atoms with E-state index in [-0.39, 0.29) is 0 Å². The monoisotopic (exact) mass is 359 g/mol. The van der Waals surface area contributed by atoms with E-state index in [0.717, 1.165) is 6.04 Å². The highest BCUT2D eigenvalue weighted by Crippen LogP contribution is 2.17. The zero-order valence-electron chi connectivity index (χ0n) is 17.6. The van der Waals surface area contributed by atoms with E-state index >= 15 is 0 Å². The summed E-state index contributed by atoms with van der Waals surface area (Å²) < 4.78 is 0. The average Bonchev–Trinajstić information content (AvgIpc) is 2.54. The summed E-state index contributed by atoms with van der Waals surface area (Å²) in [6, 6.07) is 0.826. The molecule has 4 nitrogen and oxygen atoms in total. The van der Waals surface area contributed by atoms with Crippen molar-refractivity contribution in [1.29, 1.82) is 0 Å². The van der Waals surface area contributed by atoms with Gasteiger partial charge in [0.05, 0.1) is 0 Å². The van der Waals surface area contributed by atoms with Crippen LogP contribution in [0.2, 0.25) is 0 Å².